The quantitative estimate of drug-likeness (QED) is 0.527. The Morgan fingerprint density at radius 1 is 1.54 bits per heavy atom. The third-order valence-electron chi connectivity index (χ3n) is 3.00. The van der Waals surface area contributed by atoms with Crippen LogP contribution in [0.1, 0.15) is 19.3 Å². The zero-order valence-electron chi connectivity index (χ0n) is 7.38. The average Bonchev–Trinajstić information content (AvgIpc) is 2.62. The molecular formula is C8H13N3O2. The van der Waals surface area contributed by atoms with Gasteiger partial charge in [-0.15, -0.1) is 0 Å². The van der Waals surface area contributed by atoms with Crippen LogP contribution in [0.25, 0.3) is 0 Å². The van der Waals surface area contributed by atoms with E-state index in [0.29, 0.717) is 19.5 Å². The molecule has 2 aliphatic rings. The van der Waals surface area contributed by atoms with Crippen LogP contribution in [0.4, 0.5) is 4.79 Å². The number of carbonyl (C=O) groups is 2. The first-order valence-corrected chi connectivity index (χ1v) is 4.52. The lowest BCUT2D eigenvalue weighted by Gasteiger charge is -2.30. The number of primary amides is 1. The molecule has 2 fully saturated rings. The van der Waals surface area contributed by atoms with Crippen molar-refractivity contribution in [2.24, 2.45) is 5.73 Å². The molecule has 0 radical (unpaired) electrons. The van der Waals surface area contributed by atoms with E-state index in [4.69, 9.17) is 5.73 Å². The normalized spacial score (nSPS) is 32.6. The maximum atomic E-state index is 11.6. The molecule has 3 amide bonds. The molecule has 0 aromatic heterocycles. The Bertz CT molecular complexity index is 262. The molecule has 1 spiro atoms. The van der Waals surface area contributed by atoms with Gasteiger partial charge >= 0.3 is 6.03 Å². The Balaban J connectivity index is 2.29. The van der Waals surface area contributed by atoms with Crippen molar-refractivity contribution in [2.45, 2.75) is 24.8 Å². The fourth-order valence-electron chi connectivity index (χ4n) is 2.36. The third-order valence-corrected chi connectivity index (χ3v) is 3.00. The van der Waals surface area contributed by atoms with Crippen LogP contribution >= 0.6 is 0 Å². The second kappa shape index (κ2) is 2.61. The van der Waals surface area contributed by atoms with Gasteiger partial charge in [-0.3, -0.25) is 4.79 Å². The minimum absolute atomic E-state index is 0.0381. The van der Waals surface area contributed by atoms with Gasteiger partial charge in [0.15, 0.2) is 0 Å². The summed E-state index contributed by atoms with van der Waals surface area (Å²) >= 11 is 0. The summed E-state index contributed by atoms with van der Waals surface area (Å²) in [5, 5.41) is 2.75. The molecule has 0 aromatic carbocycles. The van der Waals surface area contributed by atoms with Gasteiger partial charge in [-0.05, 0) is 19.3 Å². The van der Waals surface area contributed by atoms with Crippen molar-refractivity contribution in [1.29, 1.82) is 0 Å². The maximum absolute atomic E-state index is 11.6. The zero-order chi connectivity index (χ0) is 9.47. The predicted octanol–water partition coefficient (Wildman–Crippen LogP) is -0.580. The van der Waals surface area contributed by atoms with E-state index in [-0.39, 0.29) is 5.91 Å². The van der Waals surface area contributed by atoms with Crippen molar-refractivity contribution >= 4 is 11.9 Å². The first-order valence-electron chi connectivity index (χ1n) is 4.52. The smallest absolute Gasteiger partial charge is 0.315 e. The van der Waals surface area contributed by atoms with Gasteiger partial charge < -0.3 is 16.0 Å². The van der Waals surface area contributed by atoms with Gasteiger partial charge in [0.25, 0.3) is 0 Å². The summed E-state index contributed by atoms with van der Waals surface area (Å²) in [4.78, 5) is 24.1. The van der Waals surface area contributed by atoms with E-state index < -0.39 is 11.6 Å². The predicted molar refractivity (Wildman–Crippen MR) is 45.9 cm³/mol. The number of carbonyl (C=O) groups excluding carboxylic acids is 2. The second-order valence-corrected chi connectivity index (χ2v) is 3.63. The number of nitrogens with zero attached hydrogens (tertiary/aromatic N) is 1. The standard InChI is InChI=1S/C8H13N3O2/c9-7(13)11-5-1-2-8(11)3-4-10-6(8)12/h1-5H2,(H2,9,13)(H,10,12). The largest absolute Gasteiger partial charge is 0.354 e. The Kier molecular flexibility index (Phi) is 1.68. The number of likely N-dealkylation sites (tertiary alicyclic amines) is 1. The highest BCUT2D eigenvalue weighted by Gasteiger charge is 2.51. The molecule has 13 heavy (non-hydrogen) atoms. The highest BCUT2D eigenvalue weighted by molar-refractivity contribution is 5.93. The summed E-state index contributed by atoms with van der Waals surface area (Å²) in [6.07, 6.45) is 2.33. The molecule has 0 aliphatic carbocycles. The monoisotopic (exact) mass is 183 g/mol. The van der Waals surface area contributed by atoms with Gasteiger partial charge in [0.05, 0.1) is 0 Å². The lowest BCUT2D eigenvalue weighted by atomic mass is 9.94. The van der Waals surface area contributed by atoms with Crippen LogP contribution in [0, 0.1) is 0 Å². The molecule has 2 aliphatic heterocycles. The van der Waals surface area contributed by atoms with Crippen molar-refractivity contribution in [3.8, 4) is 0 Å². The van der Waals surface area contributed by atoms with Gasteiger partial charge in [0.1, 0.15) is 5.54 Å². The molecule has 0 aromatic rings. The number of urea groups is 1. The van der Waals surface area contributed by atoms with E-state index in [2.05, 4.69) is 5.32 Å². The van der Waals surface area contributed by atoms with Crippen molar-refractivity contribution in [3.05, 3.63) is 0 Å². The van der Waals surface area contributed by atoms with Gasteiger partial charge in [-0.2, -0.15) is 0 Å². The topological polar surface area (TPSA) is 75.4 Å². The fraction of sp³-hybridized carbons (Fsp3) is 0.750. The van der Waals surface area contributed by atoms with Crippen LogP contribution in [0.2, 0.25) is 0 Å². The molecule has 2 rings (SSSR count). The number of nitrogens with one attached hydrogen (secondary N) is 1. The number of hydrogen-bond donors (Lipinski definition) is 2. The molecule has 3 N–H and O–H groups in total. The first-order chi connectivity index (χ1) is 6.17. The minimum atomic E-state index is -0.605. The van der Waals surface area contributed by atoms with E-state index >= 15 is 0 Å². The summed E-state index contributed by atoms with van der Waals surface area (Å²) in [6.45, 7) is 1.27. The minimum Gasteiger partial charge on any atom is -0.354 e. The lowest BCUT2D eigenvalue weighted by molar-refractivity contribution is -0.127. The molecule has 1 atom stereocenters. The summed E-state index contributed by atoms with van der Waals surface area (Å²) in [7, 11) is 0. The van der Waals surface area contributed by atoms with E-state index in [1.807, 2.05) is 0 Å². The SMILES string of the molecule is NC(=O)N1CCCC12CCNC2=O. The Morgan fingerprint density at radius 2 is 2.31 bits per heavy atom. The number of hydrogen-bond acceptors (Lipinski definition) is 2. The lowest BCUT2D eigenvalue weighted by Crippen LogP contribution is -2.53. The van der Waals surface area contributed by atoms with Crippen LogP contribution in [0.15, 0.2) is 0 Å². The average molecular weight is 183 g/mol. The summed E-state index contributed by atoms with van der Waals surface area (Å²) in [5.74, 6) is -0.0381. The van der Waals surface area contributed by atoms with E-state index in [1.165, 1.54) is 4.90 Å². The first kappa shape index (κ1) is 8.34. The van der Waals surface area contributed by atoms with E-state index in [9.17, 15) is 9.59 Å². The van der Waals surface area contributed by atoms with Gasteiger partial charge in [0.2, 0.25) is 5.91 Å². The molecule has 0 saturated carbocycles. The van der Waals surface area contributed by atoms with Crippen LogP contribution in [-0.2, 0) is 4.79 Å². The third kappa shape index (κ3) is 0.993. The highest BCUT2D eigenvalue weighted by atomic mass is 16.2. The highest BCUT2D eigenvalue weighted by Crippen LogP contribution is 2.34. The zero-order valence-corrected chi connectivity index (χ0v) is 7.38. The van der Waals surface area contributed by atoms with E-state index in [0.717, 1.165) is 12.8 Å². The molecule has 1 unspecified atom stereocenters. The summed E-state index contributed by atoms with van der Waals surface area (Å²) in [6, 6.07) is -0.477. The molecule has 5 heteroatoms. The number of rotatable bonds is 0. The molecule has 72 valence electrons. The van der Waals surface area contributed by atoms with Crippen LogP contribution in [-0.4, -0.2) is 35.5 Å². The van der Waals surface area contributed by atoms with Crippen molar-refractivity contribution in [1.82, 2.24) is 10.2 Å². The number of nitrogens with two attached hydrogens (primary N) is 1. The van der Waals surface area contributed by atoms with Crippen LogP contribution in [0.3, 0.4) is 0 Å². The van der Waals surface area contributed by atoms with Crippen LogP contribution < -0.4 is 11.1 Å². The Hall–Kier alpha value is -1.26. The van der Waals surface area contributed by atoms with E-state index in [1.54, 1.807) is 0 Å². The van der Waals surface area contributed by atoms with Gasteiger partial charge in [-0.25, -0.2) is 4.79 Å². The van der Waals surface area contributed by atoms with Crippen molar-refractivity contribution in [2.75, 3.05) is 13.1 Å². The Morgan fingerprint density at radius 3 is 2.85 bits per heavy atom. The van der Waals surface area contributed by atoms with Crippen molar-refractivity contribution < 1.29 is 9.59 Å². The van der Waals surface area contributed by atoms with Gasteiger partial charge in [0, 0.05) is 13.1 Å². The second-order valence-electron chi connectivity index (χ2n) is 3.63. The van der Waals surface area contributed by atoms with Gasteiger partial charge in [-0.1, -0.05) is 0 Å². The summed E-state index contributed by atoms with van der Waals surface area (Å²) < 4.78 is 0. The fourth-order valence-corrected chi connectivity index (χ4v) is 2.36. The molecule has 2 saturated heterocycles. The number of amides is 3. The molecular weight excluding hydrogens is 170 g/mol. The Labute approximate surface area is 76.3 Å². The summed E-state index contributed by atoms with van der Waals surface area (Å²) in [5.41, 5.74) is 4.62. The van der Waals surface area contributed by atoms with Crippen molar-refractivity contribution in [3.63, 3.8) is 0 Å². The van der Waals surface area contributed by atoms with Crippen LogP contribution in [0.5, 0.6) is 0 Å². The molecule has 2 heterocycles. The maximum Gasteiger partial charge on any atom is 0.315 e. The molecule has 5 nitrogen and oxygen atoms in total. The molecule has 0 bridgehead atoms.